The number of amides is 1. The third-order valence-electron chi connectivity index (χ3n) is 3.63. The molecule has 0 saturated heterocycles. The Labute approximate surface area is 143 Å². The minimum atomic E-state index is -0.224. The number of rotatable bonds is 3. The van der Waals surface area contributed by atoms with Crippen LogP contribution in [-0.4, -0.2) is 10.9 Å². The Bertz CT molecular complexity index is 915. The van der Waals surface area contributed by atoms with Gasteiger partial charge in [0.1, 0.15) is 0 Å². The van der Waals surface area contributed by atoms with Crippen molar-refractivity contribution < 1.29 is 4.79 Å². The summed E-state index contributed by atoms with van der Waals surface area (Å²) in [6.45, 7) is 4.10. The van der Waals surface area contributed by atoms with Gasteiger partial charge in [0.25, 0.3) is 0 Å². The van der Waals surface area contributed by atoms with Gasteiger partial charge in [0.2, 0.25) is 5.91 Å². The smallest absolute Gasteiger partial charge is 0.250 e. The zero-order chi connectivity index (χ0) is 16.4. The molecule has 0 bridgehead atoms. The molecule has 1 amide bonds. The molecule has 0 saturated carbocycles. The minimum absolute atomic E-state index is 0.224. The summed E-state index contributed by atoms with van der Waals surface area (Å²) in [4.78, 5) is 16.6. The van der Waals surface area contributed by atoms with Gasteiger partial charge in [-0.1, -0.05) is 47.2 Å². The summed E-state index contributed by atoms with van der Waals surface area (Å²) < 4.78 is 1.07. The predicted molar refractivity (Wildman–Crippen MR) is 98.2 cm³/mol. The number of carbonyl (C=O) groups is 1. The molecule has 1 heterocycles. The summed E-state index contributed by atoms with van der Waals surface area (Å²) in [5.74, 6) is -0.224. The second kappa shape index (κ2) is 6.52. The lowest BCUT2D eigenvalue weighted by Crippen LogP contribution is -2.07. The van der Waals surface area contributed by atoms with Gasteiger partial charge in [0.05, 0.1) is 10.2 Å². The van der Waals surface area contributed by atoms with Crippen molar-refractivity contribution in [1.29, 1.82) is 0 Å². The van der Waals surface area contributed by atoms with E-state index in [-0.39, 0.29) is 5.91 Å². The first-order valence-electron chi connectivity index (χ1n) is 7.15. The second-order valence-electron chi connectivity index (χ2n) is 5.22. The number of aryl methyl sites for hydroxylation is 2. The van der Waals surface area contributed by atoms with E-state index in [0.717, 1.165) is 21.3 Å². The van der Waals surface area contributed by atoms with Crippen molar-refractivity contribution >= 4 is 50.3 Å². The molecule has 1 aromatic heterocycles. The van der Waals surface area contributed by atoms with E-state index in [1.54, 1.807) is 12.1 Å². The van der Waals surface area contributed by atoms with E-state index in [2.05, 4.69) is 23.3 Å². The van der Waals surface area contributed by atoms with Gasteiger partial charge in [-0.15, -0.1) is 0 Å². The third-order valence-corrected chi connectivity index (χ3v) is 4.91. The van der Waals surface area contributed by atoms with Crippen LogP contribution in [0.25, 0.3) is 16.3 Å². The first-order chi connectivity index (χ1) is 11.0. The van der Waals surface area contributed by atoms with Crippen LogP contribution in [0.15, 0.2) is 42.5 Å². The highest BCUT2D eigenvalue weighted by Crippen LogP contribution is 2.29. The number of carbonyl (C=O) groups excluding carboxylic acids is 1. The quantitative estimate of drug-likeness (QED) is 0.663. The van der Waals surface area contributed by atoms with Crippen LogP contribution in [0, 0.1) is 13.8 Å². The Hall–Kier alpha value is -2.17. The van der Waals surface area contributed by atoms with Gasteiger partial charge < -0.3 is 0 Å². The van der Waals surface area contributed by atoms with Gasteiger partial charge in [0.15, 0.2) is 5.13 Å². The summed E-state index contributed by atoms with van der Waals surface area (Å²) in [7, 11) is 0. The molecule has 0 spiro atoms. The molecule has 3 rings (SSSR count). The molecule has 0 aliphatic carbocycles. The first-order valence-corrected chi connectivity index (χ1v) is 8.34. The van der Waals surface area contributed by atoms with Crippen molar-refractivity contribution in [2.75, 3.05) is 5.32 Å². The van der Waals surface area contributed by atoms with E-state index in [4.69, 9.17) is 11.6 Å². The number of aromatic nitrogens is 1. The molecule has 3 aromatic rings. The molecular formula is C18H15ClN2OS. The highest BCUT2D eigenvalue weighted by atomic mass is 35.5. The fraction of sp³-hybridized carbons (Fsp3) is 0.111. The van der Waals surface area contributed by atoms with Crippen molar-refractivity contribution in [2.24, 2.45) is 0 Å². The minimum Gasteiger partial charge on any atom is -0.298 e. The molecule has 2 aromatic carbocycles. The number of nitrogens with zero attached hydrogens (tertiary/aromatic N) is 1. The number of halogens is 1. The molecule has 0 radical (unpaired) electrons. The maximum absolute atomic E-state index is 12.1. The van der Waals surface area contributed by atoms with Crippen LogP contribution in [0.4, 0.5) is 5.13 Å². The lowest BCUT2D eigenvalue weighted by molar-refractivity contribution is -0.111. The maximum Gasteiger partial charge on any atom is 0.250 e. The number of anilines is 1. The number of benzene rings is 2. The number of hydrogen-bond donors (Lipinski definition) is 1. The molecule has 5 heteroatoms. The molecule has 0 atom stereocenters. The molecule has 3 nitrogen and oxygen atoms in total. The highest BCUT2D eigenvalue weighted by molar-refractivity contribution is 7.22. The fourth-order valence-corrected chi connectivity index (χ4v) is 3.33. The van der Waals surface area contributed by atoms with Crippen molar-refractivity contribution in [2.45, 2.75) is 13.8 Å². The molecule has 0 unspecified atom stereocenters. The SMILES string of the molecule is Cc1ccc2sc(NC(=O)/C=C/c3ccccc3Cl)nc2c1C. The summed E-state index contributed by atoms with van der Waals surface area (Å²) in [6, 6.07) is 11.5. The zero-order valence-electron chi connectivity index (χ0n) is 12.8. The normalized spacial score (nSPS) is 11.3. The maximum atomic E-state index is 12.1. The lowest BCUT2D eigenvalue weighted by Gasteiger charge is -1.98. The van der Waals surface area contributed by atoms with Gasteiger partial charge in [-0.25, -0.2) is 4.98 Å². The van der Waals surface area contributed by atoms with Crippen LogP contribution in [-0.2, 0) is 4.79 Å². The Kier molecular flexibility index (Phi) is 4.46. The molecule has 0 aliphatic heterocycles. The van der Waals surface area contributed by atoms with Gasteiger partial charge in [0, 0.05) is 11.1 Å². The van der Waals surface area contributed by atoms with Gasteiger partial charge in [-0.3, -0.25) is 10.1 Å². The summed E-state index contributed by atoms with van der Waals surface area (Å²) >= 11 is 7.53. The molecule has 23 heavy (non-hydrogen) atoms. The standard InChI is InChI=1S/C18H15ClN2OS/c1-11-7-9-15-17(12(11)2)21-18(23-15)20-16(22)10-8-13-5-3-4-6-14(13)19/h3-10H,1-2H3,(H,20,21,22)/b10-8+. The highest BCUT2D eigenvalue weighted by Gasteiger charge is 2.09. The molecule has 0 aliphatic rings. The van der Waals surface area contributed by atoms with E-state index in [1.165, 1.54) is 23.0 Å². The molecule has 1 N–H and O–H groups in total. The van der Waals surface area contributed by atoms with Crippen LogP contribution >= 0.6 is 22.9 Å². The number of fused-ring (bicyclic) bond motifs is 1. The van der Waals surface area contributed by atoms with Crippen LogP contribution in [0.1, 0.15) is 16.7 Å². The largest absolute Gasteiger partial charge is 0.298 e. The van der Waals surface area contributed by atoms with E-state index in [1.807, 2.05) is 31.2 Å². The Balaban J connectivity index is 1.78. The van der Waals surface area contributed by atoms with Crippen LogP contribution in [0.3, 0.4) is 0 Å². The van der Waals surface area contributed by atoms with Gasteiger partial charge in [-0.05, 0) is 48.7 Å². The number of nitrogens with one attached hydrogen (secondary N) is 1. The predicted octanol–water partition coefficient (Wildman–Crippen LogP) is 5.22. The van der Waals surface area contributed by atoms with Crippen molar-refractivity contribution in [3.05, 3.63) is 64.2 Å². The summed E-state index contributed by atoms with van der Waals surface area (Å²) in [5.41, 5.74) is 4.09. The van der Waals surface area contributed by atoms with Crippen LogP contribution < -0.4 is 5.32 Å². The van der Waals surface area contributed by atoms with Crippen LogP contribution in [0.5, 0.6) is 0 Å². The lowest BCUT2D eigenvalue weighted by atomic mass is 10.1. The van der Waals surface area contributed by atoms with Crippen LogP contribution in [0.2, 0.25) is 5.02 Å². The topological polar surface area (TPSA) is 42.0 Å². The monoisotopic (exact) mass is 342 g/mol. The summed E-state index contributed by atoms with van der Waals surface area (Å²) in [5, 5.41) is 4.02. The number of thiazole rings is 1. The average Bonchev–Trinajstić information content (AvgIpc) is 2.93. The average molecular weight is 343 g/mol. The molecular weight excluding hydrogens is 328 g/mol. The Morgan fingerprint density at radius 3 is 2.78 bits per heavy atom. The Morgan fingerprint density at radius 1 is 1.22 bits per heavy atom. The van der Waals surface area contributed by atoms with Gasteiger partial charge in [-0.2, -0.15) is 0 Å². The second-order valence-corrected chi connectivity index (χ2v) is 6.66. The van der Waals surface area contributed by atoms with E-state index >= 15 is 0 Å². The molecule has 116 valence electrons. The molecule has 0 fully saturated rings. The fourth-order valence-electron chi connectivity index (χ4n) is 2.20. The van der Waals surface area contributed by atoms with Crippen molar-refractivity contribution in [1.82, 2.24) is 4.98 Å². The third kappa shape index (κ3) is 3.44. The van der Waals surface area contributed by atoms with Crippen molar-refractivity contribution in [3.8, 4) is 0 Å². The zero-order valence-corrected chi connectivity index (χ0v) is 14.3. The van der Waals surface area contributed by atoms with Gasteiger partial charge >= 0.3 is 0 Å². The first kappa shape index (κ1) is 15.7. The van der Waals surface area contributed by atoms with E-state index in [0.29, 0.717) is 10.2 Å². The van der Waals surface area contributed by atoms with E-state index < -0.39 is 0 Å². The van der Waals surface area contributed by atoms with E-state index in [9.17, 15) is 4.79 Å². The van der Waals surface area contributed by atoms with Crippen molar-refractivity contribution in [3.63, 3.8) is 0 Å². The number of hydrogen-bond acceptors (Lipinski definition) is 3. The summed E-state index contributed by atoms with van der Waals surface area (Å²) in [6.07, 6.45) is 3.16. The Morgan fingerprint density at radius 2 is 2.00 bits per heavy atom.